The molecule has 2 aromatic rings. The third-order valence-corrected chi connectivity index (χ3v) is 2.28. The standard InChI is InChI=1S/C12H11N3O2/c1-9-5-6-10(11(8-9)15(16)17)14-12-4-2-3-7-13-12/h2-8H,1H3,(H,13,14). The Labute approximate surface area is 98.3 Å². The monoisotopic (exact) mass is 229 g/mol. The van der Waals surface area contributed by atoms with Gasteiger partial charge in [-0.25, -0.2) is 4.98 Å². The predicted molar refractivity (Wildman–Crippen MR) is 65.4 cm³/mol. The number of nitro groups is 1. The second-order valence-electron chi connectivity index (χ2n) is 3.62. The molecule has 0 aliphatic rings. The molecule has 0 saturated carbocycles. The second kappa shape index (κ2) is 4.61. The van der Waals surface area contributed by atoms with Crippen molar-refractivity contribution in [2.75, 3.05) is 5.32 Å². The minimum atomic E-state index is -0.404. The van der Waals surface area contributed by atoms with Crippen molar-refractivity contribution < 1.29 is 4.92 Å². The summed E-state index contributed by atoms with van der Waals surface area (Å²) in [6, 6.07) is 10.4. The van der Waals surface area contributed by atoms with Crippen molar-refractivity contribution in [3.63, 3.8) is 0 Å². The molecule has 0 aliphatic heterocycles. The Morgan fingerprint density at radius 3 is 2.76 bits per heavy atom. The maximum atomic E-state index is 10.9. The molecule has 0 radical (unpaired) electrons. The van der Waals surface area contributed by atoms with Crippen LogP contribution in [0.25, 0.3) is 0 Å². The first-order valence-corrected chi connectivity index (χ1v) is 5.10. The van der Waals surface area contributed by atoms with E-state index in [-0.39, 0.29) is 5.69 Å². The number of anilines is 2. The molecule has 1 N–H and O–H groups in total. The van der Waals surface area contributed by atoms with E-state index in [0.717, 1.165) is 5.56 Å². The highest BCUT2D eigenvalue weighted by Gasteiger charge is 2.13. The van der Waals surface area contributed by atoms with Crippen LogP contribution < -0.4 is 5.32 Å². The van der Waals surface area contributed by atoms with Gasteiger partial charge in [0, 0.05) is 12.3 Å². The Morgan fingerprint density at radius 1 is 1.29 bits per heavy atom. The van der Waals surface area contributed by atoms with Crippen LogP contribution in [0.15, 0.2) is 42.6 Å². The topological polar surface area (TPSA) is 68.1 Å². The lowest BCUT2D eigenvalue weighted by Crippen LogP contribution is -1.98. The summed E-state index contributed by atoms with van der Waals surface area (Å²) in [4.78, 5) is 14.6. The fourth-order valence-electron chi connectivity index (χ4n) is 1.47. The first kappa shape index (κ1) is 11.1. The van der Waals surface area contributed by atoms with E-state index in [0.29, 0.717) is 11.5 Å². The molecule has 0 fully saturated rings. The molecule has 0 saturated heterocycles. The molecule has 0 spiro atoms. The van der Waals surface area contributed by atoms with E-state index in [2.05, 4.69) is 10.3 Å². The third-order valence-electron chi connectivity index (χ3n) is 2.28. The Kier molecular flexibility index (Phi) is 3.00. The maximum Gasteiger partial charge on any atom is 0.292 e. The van der Waals surface area contributed by atoms with E-state index in [1.165, 1.54) is 6.07 Å². The number of aromatic nitrogens is 1. The molecule has 0 unspecified atom stereocenters. The molecule has 1 aromatic carbocycles. The van der Waals surface area contributed by atoms with Crippen LogP contribution in [0.3, 0.4) is 0 Å². The maximum absolute atomic E-state index is 10.9. The number of nitro benzene ring substituents is 1. The van der Waals surface area contributed by atoms with Crippen molar-refractivity contribution in [1.82, 2.24) is 4.98 Å². The molecule has 0 atom stereocenters. The molecule has 0 amide bonds. The van der Waals surface area contributed by atoms with E-state index in [1.807, 2.05) is 19.1 Å². The summed E-state index contributed by atoms with van der Waals surface area (Å²) in [5.74, 6) is 0.583. The molecule has 0 bridgehead atoms. The Hall–Kier alpha value is -2.43. The summed E-state index contributed by atoms with van der Waals surface area (Å²) in [5.41, 5.74) is 1.35. The number of benzene rings is 1. The third kappa shape index (κ3) is 2.57. The number of hydrogen-bond acceptors (Lipinski definition) is 4. The van der Waals surface area contributed by atoms with Crippen LogP contribution >= 0.6 is 0 Å². The summed E-state index contributed by atoms with van der Waals surface area (Å²) >= 11 is 0. The van der Waals surface area contributed by atoms with E-state index in [1.54, 1.807) is 24.4 Å². The largest absolute Gasteiger partial charge is 0.335 e. The van der Waals surface area contributed by atoms with Gasteiger partial charge in [-0.05, 0) is 30.7 Å². The van der Waals surface area contributed by atoms with Gasteiger partial charge in [0.1, 0.15) is 11.5 Å². The molecule has 2 rings (SSSR count). The van der Waals surface area contributed by atoms with Crippen molar-refractivity contribution in [2.24, 2.45) is 0 Å². The number of aryl methyl sites for hydroxylation is 1. The molecule has 5 nitrogen and oxygen atoms in total. The SMILES string of the molecule is Cc1ccc(Nc2ccccn2)c([N+](=O)[O-])c1. The molecule has 1 aromatic heterocycles. The molecule has 1 heterocycles. The van der Waals surface area contributed by atoms with Gasteiger partial charge in [0.2, 0.25) is 0 Å². The van der Waals surface area contributed by atoms with Crippen LogP contribution in [0, 0.1) is 17.0 Å². The highest BCUT2D eigenvalue weighted by molar-refractivity contribution is 5.68. The molecular weight excluding hydrogens is 218 g/mol. The number of nitrogens with zero attached hydrogens (tertiary/aromatic N) is 2. The van der Waals surface area contributed by atoms with Gasteiger partial charge in [0.05, 0.1) is 4.92 Å². The highest BCUT2D eigenvalue weighted by atomic mass is 16.6. The molecule has 17 heavy (non-hydrogen) atoms. The fraction of sp³-hybridized carbons (Fsp3) is 0.0833. The number of rotatable bonds is 3. The van der Waals surface area contributed by atoms with Gasteiger partial charge >= 0.3 is 0 Å². The summed E-state index contributed by atoms with van der Waals surface area (Å²) in [7, 11) is 0. The number of pyridine rings is 1. The smallest absolute Gasteiger partial charge is 0.292 e. The molecular formula is C12H11N3O2. The summed E-state index contributed by atoms with van der Waals surface area (Å²) in [5, 5.41) is 13.8. The normalized spacial score (nSPS) is 9.94. The Balaban J connectivity index is 2.36. The minimum Gasteiger partial charge on any atom is -0.335 e. The quantitative estimate of drug-likeness (QED) is 0.648. The van der Waals surface area contributed by atoms with Crippen LogP contribution in [-0.4, -0.2) is 9.91 Å². The zero-order valence-electron chi connectivity index (χ0n) is 9.25. The molecule has 86 valence electrons. The first-order valence-electron chi connectivity index (χ1n) is 5.10. The number of hydrogen-bond donors (Lipinski definition) is 1. The van der Waals surface area contributed by atoms with E-state index in [4.69, 9.17) is 0 Å². The minimum absolute atomic E-state index is 0.0515. The van der Waals surface area contributed by atoms with Crippen LogP contribution in [0.2, 0.25) is 0 Å². The van der Waals surface area contributed by atoms with Gasteiger partial charge in [-0.1, -0.05) is 12.1 Å². The van der Waals surface area contributed by atoms with Crippen molar-refractivity contribution in [3.05, 3.63) is 58.3 Å². The average Bonchev–Trinajstić information content (AvgIpc) is 2.32. The lowest BCUT2D eigenvalue weighted by molar-refractivity contribution is -0.384. The summed E-state index contributed by atoms with van der Waals surface area (Å²) < 4.78 is 0. The van der Waals surface area contributed by atoms with Gasteiger partial charge in [0.25, 0.3) is 5.69 Å². The van der Waals surface area contributed by atoms with Crippen molar-refractivity contribution in [2.45, 2.75) is 6.92 Å². The van der Waals surface area contributed by atoms with E-state index in [9.17, 15) is 10.1 Å². The lowest BCUT2D eigenvalue weighted by atomic mass is 10.2. The Morgan fingerprint density at radius 2 is 2.12 bits per heavy atom. The second-order valence-corrected chi connectivity index (χ2v) is 3.62. The van der Waals surface area contributed by atoms with Crippen molar-refractivity contribution in [1.29, 1.82) is 0 Å². The van der Waals surface area contributed by atoms with Gasteiger partial charge < -0.3 is 5.32 Å². The lowest BCUT2D eigenvalue weighted by Gasteiger charge is -2.06. The summed E-state index contributed by atoms with van der Waals surface area (Å²) in [6.45, 7) is 1.82. The number of nitrogens with one attached hydrogen (secondary N) is 1. The van der Waals surface area contributed by atoms with Crippen LogP contribution in [0.4, 0.5) is 17.2 Å². The average molecular weight is 229 g/mol. The van der Waals surface area contributed by atoms with E-state index >= 15 is 0 Å². The predicted octanol–water partition coefficient (Wildman–Crippen LogP) is 3.04. The van der Waals surface area contributed by atoms with Gasteiger partial charge in [-0.15, -0.1) is 0 Å². The zero-order valence-corrected chi connectivity index (χ0v) is 9.25. The van der Waals surface area contributed by atoms with Gasteiger partial charge in [-0.2, -0.15) is 0 Å². The molecule has 0 aliphatic carbocycles. The first-order chi connectivity index (χ1) is 8.16. The van der Waals surface area contributed by atoms with Gasteiger partial charge in [-0.3, -0.25) is 10.1 Å². The summed E-state index contributed by atoms with van der Waals surface area (Å²) in [6.07, 6.45) is 1.63. The molecule has 5 heteroatoms. The zero-order chi connectivity index (χ0) is 12.3. The highest BCUT2D eigenvalue weighted by Crippen LogP contribution is 2.27. The van der Waals surface area contributed by atoms with Crippen LogP contribution in [-0.2, 0) is 0 Å². The van der Waals surface area contributed by atoms with Crippen LogP contribution in [0.5, 0.6) is 0 Å². The van der Waals surface area contributed by atoms with Gasteiger partial charge in [0.15, 0.2) is 0 Å². The fourth-order valence-corrected chi connectivity index (χ4v) is 1.47. The van der Waals surface area contributed by atoms with Crippen LogP contribution in [0.1, 0.15) is 5.56 Å². The van der Waals surface area contributed by atoms with Crippen molar-refractivity contribution in [3.8, 4) is 0 Å². The van der Waals surface area contributed by atoms with Crippen molar-refractivity contribution >= 4 is 17.2 Å². The van der Waals surface area contributed by atoms with E-state index < -0.39 is 4.92 Å². The Bertz CT molecular complexity index is 541.